The number of H-pyrrole nitrogens is 1. The molecule has 0 spiro atoms. The van der Waals surface area contributed by atoms with E-state index >= 15 is 0 Å². The number of amides is 1. The second kappa shape index (κ2) is 9.07. The minimum absolute atomic E-state index is 0.0526. The van der Waals surface area contributed by atoms with E-state index in [1.54, 1.807) is 12.3 Å². The average molecular weight is 415 g/mol. The zero-order chi connectivity index (χ0) is 21.0. The number of nitrogens with zero attached hydrogens (tertiary/aromatic N) is 2. The van der Waals surface area contributed by atoms with Crippen LogP contribution in [-0.2, 0) is 0 Å². The summed E-state index contributed by atoms with van der Waals surface area (Å²) in [7, 11) is 0. The molecule has 1 atom stereocenters. The molecule has 3 aromatic rings. The van der Waals surface area contributed by atoms with Gasteiger partial charge in [-0.1, -0.05) is 43.6 Å². The lowest BCUT2D eigenvalue weighted by Gasteiger charge is -2.30. The fourth-order valence-corrected chi connectivity index (χ4v) is 3.80. The van der Waals surface area contributed by atoms with Crippen molar-refractivity contribution in [1.29, 1.82) is 0 Å². The van der Waals surface area contributed by atoms with Crippen molar-refractivity contribution >= 4 is 34.1 Å². The number of nitro groups is 1. The molecule has 8 heteroatoms. The average Bonchev–Trinajstić information content (AvgIpc) is 3.15. The third kappa shape index (κ3) is 4.41. The molecule has 0 radical (unpaired) electrons. The fraction of sp³-hybridized carbons (Fsp3) is 0.286. The van der Waals surface area contributed by atoms with E-state index < -0.39 is 4.92 Å². The van der Waals surface area contributed by atoms with Crippen LogP contribution in [-0.4, -0.2) is 40.3 Å². The third-order valence-corrected chi connectivity index (χ3v) is 5.44. The van der Waals surface area contributed by atoms with E-state index in [4.69, 9.17) is 11.6 Å². The quantitative estimate of drug-likeness (QED) is 0.418. The number of benzene rings is 2. The molecular weight excluding hydrogens is 392 g/mol. The van der Waals surface area contributed by atoms with Gasteiger partial charge in [0.05, 0.1) is 16.5 Å². The smallest absolute Gasteiger partial charge is 0.270 e. The summed E-state index contributed by atoms with van der Waals surface area (Å²) in [6.45, 7) is 6.11. The first-order valence-corrected chi connectivity index (χ1v) is 9.86. The van der Waals surface area contributed by atoms with E-state index in [0.717, 1.165) is 18.7 Å². The van der Waals surface area contributed by atoms with Crippen LogP contribution in [0.4, 0.5) is 5.69 Å². The zero-order valence-corrected chi connectivity index (χ0v) is 17.1. The molecule has 2 N–H and O–H groups in total. The Morgan fingerprint density at radius 3 is 2.62 bits per heavy atom. The third-order valence-electron chi connectivity index (χ3n) is 5.09. The summed E-state index contributed by atoms with van der Waals surface area (Å²) in [5, 5.41) is 15.2. The van der Waals surface area contributed by atoms with Gasteiger partial charge in [0.15, 0.2) is 0 Å². The Morgan fingerprint density at radius 1 is 1.24 bits per heavy atom. The number of carbonyl (C=O) groups excluding carboxylic acids is 1. The molecule has 1 unspecified atom stereocenters. The van der Waals surface area contributed by atoms with Crippen molar-refractivity contribution in [3.63, 3.8) is 0 Å². The van der Waals surface area contributed by atoms with Crippen LogP contribution in [0.3, 0.4) is 0 Å². The van der Waals surface area contributed by atoms with Crippen LogP contribution in [0.15, 0.2) is 48.7 Å². The van der Waals surface area contributed by atoms with Crippen molar-refractivity contribution in [2.24, 2.45) is 0 Å². The fourth-order valence-electron chi connectivity index (χ4n) is 3.54. The highest BCUT2D eigenvalue weighted by Crippen LogP contribution is 2.28. The standard InChI is InChI=1S/C21H23ClN4O3/c1-3-25(4-2)20(15-7-5-6-8-18(15)22)13-24-21(27)17-12-23-19-10-9-14(26(28)29)11-16(17)19/h5-12,20,23H,3-4,13H2,1-2H3,(H,24,27). The van der Waals surface area contributed by atoms with Crippen molar-refractivity contribution < 1.29 is 9.72 Å². The molecule has 7 nitrogen and oxygen atoms in total. The van der Waals surface area contributed by atoms with Gasteiger partial charge in [-0.05, 0) is 30.8 Å². The van der Waals surface area contributed by atoms with Crippen LogP contribution in [0.5, 0.6) is 0 Å². The molecule has 1 amide bonds. The summed E-state index contributed by atoms with van der Waals surface area (Å²) in [6, 6.07) is 12.0. The molecule has 0 aliphatic heterocycles. The van der Waals surface area contributed by atoms with Crippen LogP contribution in [0.25, 0.3) is 10.9 Å². The number of nitro benzene ring substituents is 1. The zero-order valence-electron chi connectivity index (χ0n) is 16.3. The summed E-state index contributed by atoms with van der Waals surface area (Å²) in [4.78, 5) is 28.7. The van der Waals surface area contributed by atoms with Crippen LogP contribution in [0, 0.1) is 10.1 Å². The number of fused-ring (bicyclic) bond motifs is 1. The van der Waals surface area contributed by atoms with Gasteiger partial charge in [0.1, 0.15) is 0 Å². The lowest BCUT2D eigenvalue weighted by atomic mass is 10.0. The van der Waals surface area contributed by atoms with E-state index in [1.165, 1.54) is 12.1 Å². The Bertz CT molecular complexity index is 1030. The second-order valence-corrected chi connectivity index (χ2v) is 7.07. The maximum absolute atomic E-state index is 12.9. The molecule has 0 saturated heterocycles. The van der Waals surface area contributed by atoms with E-state index in [0.29, 0.717) is 28.0 Å². The normalized spacial score (nSPS) is 12.3. The van der Waals surface area contributed by atoms with Crippen LogP contribution in [0.2, 0.25) is 5.02 Å². The van der Waals surface area contributed by atoms with Gasteiger partial charge in [-0.2, -0.15) is 0 Å². The summed E-state index contributed by atoms with van der Waals surface area (Å²) in [6.07, 6.45) is 1.58. The van der Waals surface area contributed by atoms with Crippen molar-refractivity contribution in [2.75, 3.05) is 19.6 Å². The number of aromatic nitrogens is 1. The predicted octanol–water partition coefficient (Wildman–Crippen LogP) is 4.54. The summed E-state index contributed by atoms with van der Waals surface area (Å²) in [5.74, 6) is -0.291. The Hall–Kier alpha value is -2.90. The van der Waals surface area contributed by atoms with Crippen molar-refractivity contribution in [3.8, 4) is 0 Å². The topological polar surface area (TPSA) is 91.3 Å². The van der Waals surface area contributed by atoms with Crippen LogP contribution < -0.4 is 5.32 Å². The van der Waals surface area contributed by atoms with Gasteiger partial charge >= 0.3 is 0 Å². The predicted molar refractivity (Wildman–Crippen MR) is 114 cm³/mol. The first kappa shape index (κ1) is 20.8. The molecule has 3 rings (SSSR count). The summed E-state index contributed by atoms with van der Waals surface area (Å²) in [5.41, 5.74) is 1.95. The SMILES string of the molecule is CCN(CC)C(CNC(=O)c1c[nH]c2ccc([N+](=O)[O-])cc12)c1ccccc1Cl. The molecule has 2 aromatic carbocycles. The maximum Gasteiger partial charge on any atom is 0.270 e. The molecule has 0 aliphatic rings. The largest absolute Gasteiger partial charge is 0.360 e. The van der Waals surface area contributed by atoms with Crippen molar-refractivity contribution in [3.05, 3.63) is 74.9 Å². The van der Waals surface area contributed by atoms with E-state index in [-0.39, 0.29) is 17.6 Å². The van der Waals surface area contributed by atoms with Crippen molar-refractivity contribution in [1.82, 2.24) is 15.2 Å². The van der Waals surface area contributed by atoms with Gasteiger partial charge in [0, 0.05) is 40.8 Å². The lowest BCUT2D eigenvalue weighted by molar-refractivity contribution is -0.384. The van der Waals surface area contributed by atoms with Gasteiger partial charge in [-0.15, -0.1) is 0 Å². The maximum atomic E-state index is 12.9. The highest BCUT2D eigenvalue weighted by molar-refractivity contribution is 6.31. The van der Waals surface area contributed by atoms with Gasteiger partial charge in [0.2, 0.25) is 0 Å². The van der Waals surface area contributed by atoms with Crippen LogP contribution >= 0.6 is 11.6 Å². The Kier molecular flexibility index (Phi) is 6.51. The van der Waals surface area contributed by atoms with E-state index in [2.05, 4.69) is 29.0 Å². The second-order valence-electron chi connectivity index (χ2n) is 6.66. The minimum Gasteiger partial charge on any atom is -0.360 e. The van der Waals surface area contributed by atoms with E-state index in [1.807, 2.05) is 24.3 Å². The molecule has 29 heavy (non-hydrogen) atoms. The Labute approximate surface area is 173 Å². The van der Waals surface area contributed by atoms with E-state index in [9.17, 15) is 14.9 Å². The number of hydrogen-bond donors (Lipinski definition) is 2. The highest BCUT2D eigenvalue weighted by Gasteiger charge is 2.22. The van der Waals surface area contributed by atoms with Crippen LogP contribution in [0.1, 0.15) is 35.8 Å². The number of hydrogen-bond acceptors (Lipinski definition) is 4. The number of rotatable bonds is 8. The Balaban J connectivity index is 1.85. The highest BCUT2D eigenvalue weighted by atomic mass is 35.5. The van der Waals surface area contributed by atoms with Gasteiger partial charge in [-0.25, -0.2) is 0 Å². The number of halogens is 1. The number of nitrogens with one attached hydrogen (secondary N) is 2. The van der Waals surface area contributed by atoms with Gasteiger partial charge < -0.3 is 10.3 Å². The van der Waals surface area contributed by atoms with Gasteiger partial charge in [-0.3, -0.25) is 19.8 Å². The molecule has 0 aliphatic carbocycles. The first-order chi connectivity index (χ1) is 14.0. The summed E-state index contributed by atoms with van der Waals surface area (Å²) < 4.78 is 0. The lowest BCUT2D eigenvalue weighted by Crippen LogP contribution is -2.38. The molecule has 1 aromatic heterocycles. The molecule has 152 valence electrons. The minimum atomic E-state index is -0.470. The van der Waals surface area contributed by atoms with Gasteiger partial charge in [0.25, 0.3) is 11.6 Å². The van der Waals surface area contributed by atoms with Crippen molar-refractivity contribution in [2.45, 2.75) is 19.9 Å². The monoisotopic (exact) mass is 414 g/mol. The molecule has 0 saturated carbocycles. The first-order valence-electron chi connectivity index (χ1n) is 9.48. The number of non-ortho nitro benzene ring substituents is 1. The number of carbonyl (C=O) groups is 1. The molecule has 0 bridgehead atoms. The Morgan fingerprint density at radius 2 is 1.97 bits per heavy atom. The number of aromatic amines is 1. The molecule has 0 fully saturated rings. The summed E-state index contributed by atoms with van der Waals surface area (Å²) >= 11 is 6.41. The number of likely N-dealkylation sites (N-methyl/N-ethyl adjacent to an activating group) is 1. The molecule has 1 heterocycles. The molecular formula is C21H23ClN4O3.